The van der Waals surface area contributed by atoms with Gasteiger partial charge < -0.3 is 19.5 Å². The van der Waals surface area contributed by atoms with Crippen molar-refractivity contribution in [1.82, 2.24) is 0 Å². The van der Waals surface area contributed by atoms with Crippen LogP contribution in [0.4, 0.5) is 11.4 Å². The predicted octanol–water partition coefficient (Wildman–Crippen LogP) is 4.98. The van der Waals surface area contributed by atoms with Gasteiger partial charge in [-0.3, -0.25) is 14.9 Å². The van der Waals surface area contributed by atoms with E-state index in [4.69, 9.17) is 14.2 Å². The number of halogens is 1. The summed E-state index contributed by atoms with van der Waals surface area (Å²) in [7, 11) is 2.74. The maximum Gasteiger partial charge on any atom is 0.343 e. The second kappa shape index (κ2) is 11.8. The van der Waals surface area contributed by atoms with Crippen molar-refractivity contribution in [3.8, 4) is 23.3 Å². The van der Waals surface area contributed by atoms with Crippen molar-refractivity contribution >= 4 is 51.9 Å². The largest absolute Gasteiger partial charge is 0.495 e. The number of ether oxygens (including phenoxy) is 3. The summed E-state index contributed by atoms with van der Waals surface area (Å²) in [6.45, 7) is 0. The molecule has 10 nitrogen and oxygen atoms in total. The average molecular weight is 599 g/mol. The van der Waals surface area contributed by atoms with Crippen LogP contribution in [-0.4, -0.2) is 31.0 Å². The third kappa shape index (κ3) is 6.16. The van der Waals surface area contributed by atoms with Crippen molar-refractivity contribution in [2.45, 2.75) is 0 Å². The first kappa shape index (κ1) is 26.2. The molecule has 3 aromatic carbocycles. The fraction of sp³-hybridized carbons (Fsp3) is 0.0800. The van der Waals surface area contributed by atoms with Crippen LogP contribution in [0, 0.1) is 25.0 Å². The van der Waals surface area contributed by atoms with Crippen molar-refractivity contribution in [2.75, 3.05) is 19.5 Å². The lowest BCUT2D eigenvalue weighted by Crippen LogP contribution is -2.14. The van der Waals surface area contributed by atoms with Gasteiger partial charge in [0.1, 0.15) is 17.4 Å². The maximum absolute atomic E-state index is 12.8. The summed E-state index contributed by atoms with van der Waals surface area (Å²) in [6.07, 6.45) is 1.31. The number of nitro groups is 1. The lowest BCUT2D eigenvalue weighted by Gasteiger charge is -2.13. The number of hydrogen-bond donors (Lipinski definition) is 1. The van der Waals surface area contributed by atoms with Crippen LogP contribution >= 0.6 is 22.6 Å². The van der Waals surface area contributed by atoms with Crippen LogP contribution < -0.4 is 19.5 Å². The lowest BCUT2D eigenvalue weighted by molar-refractivity contribution is -0.384. The molecule has 0 bridgehead atoms. The van der Waals surface area contributed by atoms with Gasteiger partial charge >= 0.3 is 5.97 Å². The minimum Gasteiger partial charge on any atom is -0.495 e. The summed E-state index contributed by atoms with van der Waals surface area (Å²) in [5.74, 6) is -0.779. The van der Waals surface area contributed by atoms with Crippen LogP contribution in [0.5, 0.6) is 17.2 Å². The Morgan fingerprint density at radius 2 is 1.75 bits per heavy atom. The first-order chi connectivity index (χ1) is 17.3. The number of amides is 1. The van der Waals surface area contributed by atoms with E-state index in [1.54, 1.807) is 36.4 Å². The fourth-order valence-electron chi connectivity index (χ4n) is 3.06. The summed E-state index contributed by atoms with van der Waals surface area (Å²) in [5, 5.41) is 23.1. The van der Waals surface area contributed by atoms with E-state index in [0.29, 0.717) is 14.7 Å². The summed E-state index contributed by atoms with van der Waals surface area (Å²) >= 11 is 1.95. The van der Waals surface area contributed by atoms with E-state index in [2.05, 4.69) is 5.32 Å². The molecular formula is C25H18IN3O7. The Morgan fingerprint density at radius 3 is 2.36 bits per heavy atom. The smallest absolute Gasteiger partial charge is 0.343 e. The van der Waals surface area contributed by atoms with Gasteiger partial charge in [0, 0.05) is 12.1 Å². The summed E-state index contributed by atoms with van der Waals surface area (Å²) in [6, 6.07) is 17.1. The Balaban J connectivity index is 1.89. The third-order valence-electron chi connectivity index (χ3n) is 4.77. The molecule has 0 saturated carbocycles. The van der Waals surface area contributed by atoms with E-state index < -0.39 is 16.8 Å². The van der Waals surface area contributed by atoms with Crippen LogP contribution in [0.2, 0.25) is 0 Å². The van der Waals surface area contributed by atoms with Gasteiger partial charge in [-0.25, -0.2) is 4.79 Å². The van der Waals surface area contributed by atoms with Gasteiger partial charge in [-0.15, -0.1) is 0 Å². The maximum atomic E-state index is 12.8. The summed E-state index contributed by atoms with van der Waals surface area (Å²) in [4.78, 5) is 35.7. The highest BCUT2D eigenvalue weighted by molar-refractivity contribution is 14.1. The molecule has 3 rings (SSSR count). The molecule has 0 fully saturated rings. The zero-order chi connectivity index (χ0) is 26.2. The van der Waals surface area contributed by atoms with Crippen LogP contribution in [0.1, 0.15) is 15.9 Å². The van der Waals surface area contributed by atoms with Gasteiger partial charge in [0.05, 0.1) is 34.0 Å². The van der Waals surface area contributed by atoms with Gasteiger partial charge in [0.15, 0.2) is 11.5 Å². The van der Waals surface area contributed by atoms with E-state index in [9.17, 15) is 25.0 Å². The van der Waals surface area contributed by atoms with E-state index in [1.807, 2.05) is 28.7 Å². The molecule has 182 valence electrons. The molecule has 0 aliphatic rings. The quantitative estimate of drug-likeness (QED) is 0.0727. The SMILES string of the molecule is COc1ccc([N+](=O)[O-])cc1NC(=O)/C(C#N)=C/c1cc(I)c(OC(=O)c2ccccc2)c(OC)c1. The molecule has 36 heavy (non-hydrogen) atoms. The number of rotatable bonds is 8. The van der Waals surface area contributed by atoms with Crippen LogP contribution in [0.3, 0.4) is 0 Å². The van der Waals surface area contributed by atoms with Crippen molar-refractivity contribution < 1.29 is 28.7 Å². The molecule has 0 spiro atoms. The van der Waals surface area contributed by atoms with Gasteiger partial charge in [-0.1, -0.05) is 18.2 Å². The lowest BCUT2D eigenvalue weighted by atomic mass is 10.1. The number of nitrogens with zero attached hydrogens (tertiary/aromatic N) is 2. The summed E-state index contributed by atoms with van der Waals surface area (Å²) in [5.41, 5.74) is 0.282. The molecule has 11 heteroatoms. The molecule has 1 N–H and O–H groups in total. The Kier molecular flexibility index (Phi) is 8.58. The number of carbonyl (C=O) groups is 2. The Hall–Kier alpha value is -4.44. The van der Waals surface area contributed by atoms with Crippen LogP contribution in [0.25, 0.3) is 6.08 Å². The van der Waals surface area contributed by atoms with E-state index in [0.717, 1.165) is 6.07 Å². The highest BCUT2D eigenvalue weighted by atomic mass is 127. The van der Waals surface area contributed by atoms with Crippen molar-refractivity contribution in [3.63, 3.8) is 0 Å². The van der Waals surface area contributed by atoms with Crippen molar-refractivity contribution in [1.29, 1.82) is 5.26 Å². The fourth-order valence-corrected chi connectivity index (χ4v) is 3.80. The molecule has 0 saturated heterocycles. The van der Waals surface area contributed by atoms with E-state index in [1.165, 1.54) is 38.5 Å². The molecule has 0 aromatic heterocycles. The standard InChI is InChI=1S/C25H18IN3O7/c1-34-21-9-8-18(29(32)33)13-20(21)28-24(30)17(14-27)10-15-11-19(26)23(22(12-15)35-2)36-25(31)16-6-4-3-5-7-16/h3-13H,1-2H3,(H,28,30)/b17-10+. The first-order valence-corrected chi connectivity index (χ1v) is 11.3. The number of anilines is 1. The second-order valence-electron chi connectivity index (χ2n) is 7.06. The number of carbonyl (C=O) groups excluding carboxylic acids is 2. The molecular weight excluding hydrogens is 581 g/mol. The summed E-state index contributed by atoms with van der Waals surface area (Å²) < 4.78 is 16.5. The first-order valence-electron chi connectivity index (χ1n) is 10.2. The number of benzene rings is 3. The predicted molar refractivity (Wildman–Crippen MR) is 139 cm³/mol. The van der Waals surface area contributed by atoms with E-state index in [-0.39, 0.29) is 34.2 Å². The van der Waals surface area contributed by atoms with Gasteiger partial charge in [0.25, 0.3) is 11.6 Å². The number of esters is 1. The van der Waals surface area contributed by atoms with Gasteiger partial charge in [-0.05, 0) is 64.6 Å². The normalized spacial score (nSPS) is 10.7. The average Bonchev–Trinajstić information content (AvgIpc) is 2.88. The Bertz CT molecular complexity index is 1400. The number of hydrogen-bond acceptors (Lipinski definition) is 8. The van der Waals surface area contributed by atoms with Crippen molar-refractivity contribution in [2.24, 2.45) is 0 Å². The monoisotopic (exact) mass is 599 g/mol. The van der Waals surface area contributed by atoms with Crippen LogP contribution in [-0.2, 0) is 4.79 Å². The zero-order valence-corrected chi connectivity index (χ0v) is 21.1. The number of non-ortho nitro benzene ring substituents is 1. The highest BCUT2D eigenvalue weighted by Gasteiger charge is 2.19. The number of nitriles is 1. The molecule has 0 heterocycles. The minimum absolute atomic E-state index is 0.0354. The topological polar surface area (TPSA) is 141 Å². The minimum atomic E-state index is -0.801. The second-order valence-corrected chi connectivity index (χ2v) is 8.22. The van der Waals surface area contributed by atoms with Crippen LogP contribution in [0.15, 0.2) is 66.2 Å². The third-order valence-corrected chi connectivity index (χ3v) is 5.58. The van der Waals surface area contributed by atoms with E-state index >= 15 is 0 Å². The Labute approximate surface area is 219 Å². The molecule has 0 aliphatic carbocycles. The number of nitro benzene ring substituents is 1. The number of methoxy groups -OCH3 is 2. The van der Waals surface area contributed by atoms with Gasteiger partial charge in [-0.2, -0.15) is 5.26 Å². The highest BCUT2D eigenvalue weighted by Crippen LogP contribution is 2.35. The molecule has 0 aliphatic heterocycles. The Morgan fingerprint density at radius 1 is 1.06 bits per heavy atom. The zero-order valence-electron chi connectivity index (χ0n) is 19.0. The molecule has 0 unspecified atom stereocenters. The molecule has 0 atom stereocenters. The number of nitrogens with one attached hydrogen (secondary N) is 1. The van der Waals surface area contributed by atoms with Crippen molar-refractivity contribution in [3.05, 3.63) is 91.0 Å². The molecule has 3 aromatic rings. The van der Waals surface area contributed by atoms with Gasteiger partial charge in [0.2, 0.25) is 0 Å². The molecule has 0 radical (unpaired) electrons. The molecule has 1 amide bonds.